The number of rotatable bonds is 3. The zero-order valence-electron chi connectivity index (χ0n) is 7.94. The summed E-state index contributed by atoms with van der Waals surface area (Å²) in [7, 11) is -3.47. The van der Waals surface area contributed by atoms with Crippen molar-refractivity contribution in [2.45, 2.75) is 24.3 Å². The van der Waals surface area contributed by atoms with Crippen LogP contribution in [0, 0.1) is 6.92 Å². The number of sulfone groups is 1. The number of nitrogens with zero attached hydrogens (tertiary/aromatic N) is 2. The van der Waals surface area contributed by atoms with E-state index in [9.17, 15) is 8.42 Å². The molecule has 1 heterocycles. The van der Waals surface area contributed by atoms with Gasteiger partial charge in [-0.15, -0.1) is 11.6 Å². The quantitative estimate of drug-likeness (QED) is 0.582. The highest BCUT2D eigenvalue weighted by atomic mass is 35.5. The molecule has 0 fully saturated rings. The predicted molar refractivity (Wildman–Crippen MR) is 54.1 cm³/mol. The van der Waals surface area contributed by atoms with Crippen molar-refractivity contribution < 1.29 is 8.42 Å². The first-order valence-corrected chi connectivity index (χ1v) is 6.16. The van der Waals surface area contributed by atoms with E-state index in [4.69, 9.17) is 11.6 Å². The van der Waals surface area contributed by atoms with Crippen molar-refractivity contribution in [3.8, 4) is 0 Å². The number of halogens is 1. The number of hydrogen-bond acceptors (Lipinski definition) is 4. The smallest absolute Gasteiger partial charge is 0.227 e. The molecule has 1 rings (SSSR count). The van der Waals surface area contributed by atoms with Crippen LogP contribution >= 0.6 is 11.6 Å². The minimum Gasteiger partial charge on any atom is -0.227 e. The standard InChI is InChI=1S/C8H11ClN2O2S/c1-6-3-4-10-8(11-6)14(12,13)7(2)5-9/h3-4,7H,5H2,1-2H3. The molecule has 1 aromatic heterocycles. The van der Waals surface area contributed by atoms with Gasteiger partial charge in [-0.25, -0.2) is 18.4 Å². The summed E-state index contributed by atoms with van der Waals surface area (Å²) in [6.45, 7) is 3.25. The summed E-state index contributed by atoms with van der Waals surface area (Å²) < 4.78 is 23.4. The molecule has 0 bridgehead atoms. The lowest BCUT2D eigenvalue weighted by Crippen LogP contribution is -2.21. The summed E-state index contributed by atoms with van der Waals surface area (Å²) in [6, 6.07) is 1.64. The van der Waals surface area contributed by atoms with Gasteiger partial charge >= 0.3 is 0 Å². The van der Waals surface area contributed by atoms with Gasteiger partial charge in [0.1, 0.15) is 0 Å². The Balaban J connectivity index is 3.17. The van der Waals surface area contributed by atoms with Crippen LogP contribution in [0.25, 0.3) is 0 Å². The third-order valence-corrected chi connectivity index (χ3v) is 4.35. The fraction of sp³-hybridized carbons (Fsp3) is 0.500. The summed E-state index contributed by atoms with van der Waals surface area (Å²) in [4.78, 5) is 7.58. The van der Waals surface area contributed by atoms with Crippen LogP contribution in [0.3, 0.4) is 0 Å². The maximum Gasteiger partial charge on any atom is 0.247 e. The Morgan fingerprint density at radius 2 is 2.21 bits per heavy atom. The van der Waals surface area contributed by atoms with Gasteiger partial charge in [0.05, 0.1) is 5.25 Å². The second-order valence-electron chi connectivity index (χ2n) is 2.99. The largest absolute Gasteiger partial charge is 0.247 e. The van der Waals surface area contributed by atoms with Gasteiger partial charge in [-0.2, -0.15) is 0 Å². The third-order valence-electron chi connectivity index (χ3n) is 1.77. The summed E-state index contributed by atoms with van der Waals surface area (Å²) >= 11 is 5.49. The third kappa shape index (κ3) is 2.22. The van der Waals surface area contributed by atoms with Crippen molar-refractivity contribution in [1.29, 1.82) is 0 Å². The Morgan fingerprint density at radius 1 is 1.57 bits per heavy atom. The molecule has 0 N–H and O–H groups in total. The van der Waals surface area contributed by atoms with Crippen molar-refractivity contribution in [2.75, 3.05) is 5.88 Å². The average molecular weight is 235 g/mol. The molecule has 0 saturated carbocycles. The van der Waals surface area contributed by atoms with Crippen LogP contribution in [0.4, 0.5) is 0 Å². The first-order chi connectivity index (χ1) is 6.48. The maximum atomic E-state index is 11.7. The lowest BCUT2D eigenvalue weighted by atomic mass is 10.5. The molecular weight excluding hydrogens is 224 g/mol. The molecule has 0 aliphatic heterocycles. The first kappa shape index (κ1) is 11.4. The first-order valence-electron chi connectivity index (χ1n) is 4.08. The highest BCUT2D eigenvalue weighted by Crippen LogP contribution is 2.12. The minimum atomic E-state index is -3.47. The van der Waals surface area contributed by atoms with Crippen molar-refractivity contribution in [3.63, 3.8) is 0 Å². The van der Waals surface area contributed by atoms with Gasteiger partial charge in [0, 0.05) is 17.8 Å². The van der Waals surface area contributed by atoms with Crippen molar-refractivity contribution in [1.82, 2.24) is 9.97 Å². The molecule has 1 atom stereocenters. The topological polar surface area (TPSA) is 59.9 Å². The molecule has 0 spiro atoms. The van der Waals surface area contributed by atoms with Gasteiger partial charge in [-0.05, 0) is 19.9 Å². The van der Waals surface area contributed by atoms with Crippen LogP contribution in [0.15, 0.2) is 17.4 Å². The van der Waals surface area contributed by atoms with Crippen LogP contribution in [0.2, 0.25) is 0 Å². The zero-order chi connectivity index (χ0) is 10.8. The fourth-order valence-electron chi connectivity index (χ4n) is 0.826. The van der Waals surface area contributed by atoms with Gasteiger partial charge in [0.2, 0.25) is 15.0 Å². The van der Waals surface area contributed by atoms with Crippen LogP contribution in [0.5, 0.6) is 0 Å². The molecule has 0 saturated heterocycles. The summed E-state index contributed by atoms with van der Waals surface area (Å²) in [5.74, 6) is 0.0413. The molecule has 0 aromatic carbocycles. The second kappa shape index (κ2) is 4.23. The number of alkyl halides is 1. The SMILES string of the molecule is Cc1ccnc(S(=O)(=O)C(C)CCl)n1. The summed E-state index contributed by atoms with van der Waals surface area (Å²) in [6.07, 6.45) is 1.43. The predicted octanol–water partition coefficient (Wildman–Crippen LogP) is 1.19. The summed E-state index contributed by atoms with van der Waals surface area (Å²) in [5, 5.41) is -0.809. The highest BCUT2D eigenvalue weighted by molar-refractivity contribution is 7.91. The number of aryl methyl sites for hydroxylation is 1. The van der Waals surface area contributed by atoms with E-state index in [0.717, 1.165) is 0 Å². The zero-order valence-corrected chi connectivity index (χ0v) is 9.51. The Labute approximate surface area is 88.3 Å². The maximum absolute atomic E-state index is 11.7. The molecule has 78 valence electrons. The Morgan fingerprint density at radius 3 is 2.71 bits per heavy atom. The molecular formula is C8H11ClN2O2S. The van der Waals surface area contributed by atoms with E-state index in [1.807, 2.05) is 0 Å². The monoisotopic (exact) mass is 234 g/mol. The van der Waals surface area contributed by atoms with E-state index >= 15 is 0 Å². The summed E-state index contributed by atoms with van der Waals surface area (Å²) in [5.41, 5.74) is 0.625. The minimum absolute atomic E-state index is 0.0413. The lowest BCUT2D eigenvalue weighted by Gasteiger charge is -2.07. The normalized spacial score (nSPS) is 13.9. The Bertz CT molecular complexity index is 419. The molecule has 4 nitrogen and oxygen atoms in total. The molecule has 0 aliphatic rings. The van der Waals surface area contributed by atoms with E-state index in [-0.39, 0.29) is 11.0 Å². The van der Waals surface area contributed by atoms with Crippen LogP contribution in [-0.2, 0) is 9.84 Å². The van der Waals surface area contributed by atoms with E-state index < -0.39 is 15.1 Å². The molecule has 6 heteroatoms. The van der Waals surface area contributed by atoms with Crippen molar-refractivity contribution >= 4 is 21.4 Å². The molecule has 0 aliphatic carbocycles. The van der Waals surface area contributed by atoms with Gasteiger partial charge in [-0.1, -0.05) is 0 Å². The molecule has 0 amide bonds. The fourth-order valence-corrected chi connectivity index (χ4v) is 2.33. The van der Waals surface area contributed by atoms with Crippen molar-refractivity contribution in [3.05, 3.63) is 18.0 Å². The Kier molecular flexibility index (Phi) is 3.44. The molecule has 0 radical (unpaired) electrons. The van der Waals surface area contributed by atoms with Crippen LogP contribution in [-0.4, -0.2) is 29.5 Å². The lowest BCUT2D eigenvalue weighted by molar-refractivity contribution is 0.577. The molecule has 1 aromatic rings. The number of aromatic nitrogens is 2. The van der Waals surface area contributed by atoms with Crippen LogP contribution < -0.4 is 0 Å². The molecule has 1 unspecified atom stereocenters. The van der Waals surface area contributed by atoms with Gasteiger partial charge < -0.3 is 0 Å². The van der Waals surface area contributed by atoms with E-state index in [1.165, 1.54) is 13.1 Å². The van der Waals surface area contributed by atoms with Crippen LogP contribution in [0.1, 0.15) is 12.6 Å². The van der Waals surface area contributed by atoms with Gasteiger partial charge in [-0.3, -0.25) is 0 Å². The average Bonchev–Trinajstić information content (AvgIpc) is 2.16. The van der Waals surface area contributed by atoms with E-state index in [0.29, 0.717) is 5.69 Å². The molecule has 14 heavy (non-hydrogen) atoms. The Hall–Kier alpha value is -0.680. The van der Waals surface area contributed by atoms with Gasteiger partial charge in [0.25, 0.3) is 0 Å². The van der Waals surface area contributed by atoms with E-state index in [2.05, 4.69) is 9.97 Å². The number of hydrogen-bond donors (Lipinski definition) is 0. The van der Waals surface area contributed by atoms with Gasteiger partial charge in [0.15, 0.2) is 0 Å². The highest BCUT2D eigenvalue weighted by Gasteiger charge is 2.25. The second-order valence-corrected chi connectivity index (χ2v) is 5.56. The van der Waals surface area contributed by atoms with E-state index in [1.54, 1.807) is 13.0 Å². The van der Waals surface area contributed by atoms with Crippen molar-refractivity contribution in [2.24, 2.45) is 0 Å².